The van der Waals surface area contributed by atoms with Crippen molar-refractivity contribution in [2.24, 2.45) is 5.73 Å². The van der Waals surface area contributed by atoms with Crippen LogP contribution in [0, 0.1) is 20.8 Å². The molecule has 3 heteroatoms. The first kappa shape index (κ1) is 7.85. The summed E-state index contributed by atoms with van der Waals surface area (Å²) in [6, 6.07) is -0.418. The first-order valence-electron chi connectivity index (χ1n) is 3.49. The summed E-state index contributed by atoms with van der Waals surface area (Å²) >= 11 is 0. The van der Waals surface area contributed by atoms with Gasteiger partial charge in [0.15, 0.2) is 0 Å². The second-order valence-corrected chi connectivity index (χ2v) is 2.73. The standard InChI is InChI=1S/C8H12N2O/c1-5-4-10(8(9)11)7(3)6(5)2/h4H,1-3H3,(H2,9,11). The van der Waals surface area contributed by atoms with Crippen LogP contribution in [0.2, 0.25) is 0 Å². The zero-order valence-electron chi connectivity index (χ0n) is 7.01. The maximum Gasteiger partial charge on any atom is 0.323 e. The Morgan fingerprint density at radius 2 is 2.00 bits per heavy atom. The van der Waals surface area contributed by atoms with E-state index in [4.69, 9.17) is 5.73 Å². The van der Waals surface area contributed by atoms with Gasteiger partial charge in [0.25, 0.3) is 0 Å². The van der Waals surface area contributed by atoms with E-state index in [0.717, 1.165) is 16.8 Å². The highest BCUT2D eigenvalue weighted by atomic mass is 16.2. The molecule has 0 saturated carbocycles. The van der Waals surface area contributed by atoms with Crippen molar-refractivity contribution in [2.75, 3.05) is 0 Å². The summed E-state index contributed by atoms with van der Waals surface area (Å²) in [4.78, 5) is 10.8. The van der Waals surface area contributed by atoms with Crippen molar-refractivity contribution in [3.63, 3.8) is 0 Å². The molecule has 0 aliphatic heterocycles. The molecule has 0 saturated heterocycles. The molecule has 0 fully saturated rings. The fourth-order valence-corrected chi connectivity index (χ4v) is 1.08. The summed E-state index contributed by atoms with van der Waals surface area (Å²) < 4.78 is 1.46. The molecule has 0 aliphatic carbocycles. The van der Waals surface area contributed by atoms with E-state index in [0.29, 0.717) is 0 Å². The van der Waals surface area contributed by atoms with Gasteiger partial charge in [-0.15, -0.1) is 0 Å². The minimum Gasteiger partial charge on any atom is -0.351 e. The third-order valence-electron chi connectivity index (χ3n) is 2.06. The van der Waals surface area contributed by atoms with Gasteiger partial charge in [0, 0.05) is 11.9 Å². The number of rotatable bonds is 0. The van der Waals surface area contributed by atoms with Gasteiger partial charge in [0.2, 0.25) is 0 Å². The van der Waals surface area contributed by atoms with E-state index in [-0.39, 0.29) is 0 Å². The summed E-state index contributed by atoms with van der Waals surface area (Å²) in [5.41, 5.74) is 8.27. The van der Waals surface area contributed by atoms with Gasteiger partial charge in [-0.2, -0.15) is 0 Å². The third-order valence-corrected chi connectivity index (χ3v) is 2.06. The smallest absolute Gasteiger partial charge is 0.323 e. The first-order valence-corrected chi connectivity index (χ1v) is 3.49. The zero-order valence-corrected chi connectivity index (χ0v) is 7.01. The molecule has 2 N–H and O–H groups in total. The largest absolute Gasteiger partial charge is 0.351 e. The maximum atomic E-state index is 10.8. The molecule has 1 heterocycles. The average molecular weight is 152 g/mol. The SMILES string of the molecule is Cc1cn(C(N)=O)c(C)c1C. The van der Waals surface area contributed by atoms with E-state index >= 15 is 0 Å². The van der Waals surface area contributed by atoms with E-state index in [1.165, 1.54) is 4.57 Å². The second-order valence-electron chi connectivity index (χ2n) is 2.73. The highest BCUT2D eigenvalue weighted by Gasteiger charge is 2.07. The predicted molar refractivity (Wildman–Crippen MR) is 43.6 cm³/mol. The molecular weight excluding hydrogens is 140 g/mol. The molecule has 1 amide bonds. The van der Waals surface area contributed by atoms with Crippen LogP contribution >= 0.6 is 0 Å². The Morgan fingerprint density at radius 3 is 2.18 bits per heavy atom. The van der Waals surface area contributed by atoms with E-state index in [1.54, 1.807) is 6.20 Å². The predicted octanol–water partition coefficient (Wildman–Crippen LogP) is 1.34. The summed E-state index contributed by atoms with van der Waals surface area (Å²) in [7, 11) is 0. The number of nitrogens with two attached hydrogens (primary N) is 1. The van der Waals surface area contributed by atoms with Crippen molar-refractivity contribution in [3.8, 4) is 0 Å². The Balaban J connectivity index is 3.29. The van der Waals surface area contributed by atoms with Gasteiger partial charge in [-0.1, -0.05) is 0 Å². The molecule has 1 aromatic heterocycles. The number of aromatic nitrogens is 1. The van der Waals surface area contributed by atoms with Gasteiger partial charge in [-0.05, 0) is 31.9 Å². The fraction of sp³-hybridized carbons (Fsp3) is 0.375. The van der Waals surface area contributed by atoms with Gasteiger partial charge >= 0.3 is 6.03 Å². The lowest BCUT2D eigenvalue weighted by atomic mass is 10.2. The number of aryl methyl sites for hydroxylation is 1. The van der Waals surface area contributed by atoms with Gasteiger partial charge in [0.05, 0.1) is 0 Å². The van der Waals surface area contributed by atoms with Crippen LogP contribution in [0.4, 0.5) is 4.79 Å². The normalized spacial score (nSPS) is 10.1. The number of nitrogens with zero attached hydrogens (tertiary/aromatic N) is 1. The second kappa shape index (κ2) is 2.42. The Labute approximate surface area is 65.8 Å². The van der Waals surface area contributed by atoms with Gasteiger partial charge in [0.1, 0.15) is 0 Å². The Kier molecular flexibility index (Phi) is 1.72. The van der Waals surface area contributed by atoms with Gasteiger partial charge in [-0.3, -0.25) is 4.57 Å². The maximum absolute atomic E-state index is 10.8. The van der Waals surface area contributed by atoms with Crippen LogP contribution in [-0.2, 0) is 0 Å². The monoisotopic (exact) mass is 152 g/mol. The van der Waals surface area contributed by atoms with Crippen molar-refractivity contribution in [1.29, 1.82) is 0 Å². The minimum absolute atomic E-state index is 0.418. The Hall–Kier alpha value is -1.25. The van der Waals surface area contributed by atoms with Crippen LogP contribution in [0.15, 0.2) is 6.20 Å². The van der Waals surface area contributed by atoms with E-state index < -0.39 is 6.03 Å². The number of hydrogen-bond acceptors (Lipinski definition) is 1. The van der Waals surface area contributed by atoms with Crippen molar-refractivity contribution in [3.05, 3.63) is 23.0 Å². The third kappa shape index (κ3) is 1.13. The average Bonchev–Trinajstić information content (AvgIpc) is 2.17. The summed E-state index contributed by atoms with van der Waals surface area (Å²) in [6.07, 6.45) is 1.76. The van der Waals surface area contributed by atoms with Crippen molar-refractivity contribution >= 4 is 6.03 Å². The van der Waals surface area contributed by atoms with Crippen molar-refractivity contribution in [2.45, 2.75) is 20.8 Å². The first-order chi connectivity index (χ1) is 5.04. The molecule has 0 radical (unpaired) electrons. The summed E-state index contributed by atoms with van der Waals surface area (Å²) in [6.45, 7) is 5.82. The molecule has 60 valence electrons. The zero-order chi connectivity index (χ0) is 8.59. The van der Waals surface area contributed by atoms with Crippen LogP contribution in [0.25, 0.3) is 0 Å². The number of carbonyl (C=O) groups excluding carboxylic acids is 1. The topological polar surface area (TPSA) is 48.0 Å². The molecule has 0 spiro atoms. The number of carbonyl (C=O) groups is 1. The van der Waals surface area contributed by atoms with Crippen molar-refractivity contribution < 1.29 is 4.79 Å². The number of amides is 1. The molecule has 11 heavy (non-hydrogen) atoms. The van der Waals surface area contributed by atoms with Gasteiger partial charge in [-0.25, -0.2) is 4.79 Å². The molecule has 3 nitrogen and oxygen atoms in total. The Morgan fingerprint density at radius 1 is 1.45 bits per heavy atom. The van der Waals surface area contributed by atoms with Crippen LogP contribution in [-0.4, -0.2) is 10.6 Å². The van der Waals surface area contributed by atoms with Gasteiger partial charge < -0.3 is 5.73 Å². The molecule has 0 bridgehead atoms. The van der Waals surface area contributed by atoms with Crippen LogP contribution < -0.4 is 5.73 Å². The highest BCUT2D eigenvalue weighted by Crippen LogP contribution is 2.13. The van der Waals surface area contributed by atoms with E-state index in [1.807, 2.05) is 20.8 Å². The summed E-state index contributed by atoms with van der Waals surface area (Å²) in [5.74, 6) is 0. The van der Waals surface area contributed by atoms with Crippen LogP contribution in [0.3, 0.4) is 0 Å². The summed E-state index contributed by atoms with van der Waals surface area (Å²) in [5, 5.41) is 0. The van der Waals surface area contributed by atoms with Crippen LogP contribution in [0.1, 0.15) is 16.8 Å². The van der Waals surface area contributed by atoms with Crippen molar-refractivity contribution in [1.82, 2.24) is 4.57 Å². The molecule has 1 rings (SSSR count). The lowest BCUT2D eigenvalue weighted by Crippen LogP contribution is -2.19. The molecule has 0 atom stereocenters. The quantitative estimate of drug-likeness (QED) is 0.599. The lowest BCUT2D eigenvalue weighted by Gasteiger charge is -1.98. The minimum atomic E-state index is -0.418. The van der Waals surface area contributed by atoms with E-state index in [2.05, 4.69) is 0 Å². The lowest BCUT2D eigenvalue weighted by molar-refractivity contribution is 0.250. The number of hydrogen-bond donors (Lipinski definition) is 1. The molecule has 1 aromatic rings. The Bertz CT molecular complexity index is 299. The number of primary amides is 1. The highest BCUT2D eigenvalue weighted by molar-refractivity contribution is 5.76. The molecular formula is C8H12N2O. The van der Waals surface area contributed by atoms with Crippen LogP contribution in [0.5, 0.6) is 0 Å². The molecule has 0 aromatic carbocycles. The molecule has 0 aliphatic rings. The van der Waals surface area contributed by atoms with E-state index in [9.17, 15) is 4.79 Å². The fourth-order valence-electron chi connectivity index (χ4n) is 1.08. The molecule has 0 unspecified atom stereocenters.